The Labute approximate surface area is 86.9 Å². The van der Waals surface area contributed by atoms with Crippen LogP contribution in [0.15, 0.2) is 0 Å². The van der Waals surface area contributed by atoms with Gasteiger partial charge in [0.1, 0.15) is 0 Å². The number of hydrogen-bond acceptors (Lipinski definition) is 4. The minimum absolute atomic E-state index is 0.277. The number of nitrogens with one attached hydrogen (secondary N) is 1. The summed E-state index contributed by atoms with van der Waals surface area (Å²) < 4.78 is 15.5. The molecule has 0 aliphatic carbocycles. The zero-order valence-corrected chi connectivity index (χ0v) is 9.54. The van der Waals surface area contributed by atoms with E-state index in [2.05, 4.69) is 12.2 Å². The maximum absolute atomic E-state index is 5.36. The van der Waals surface area contributed by atoms with Crippen LogP contribution < -0.4 is 5.32 Å². The highest BCUT2D eigenvalue weighted by atomic mass is 16.5. The Morgan fingerprint density at radius 2 is 2.00 bits per heavy atom. The predicted octanol–water partition coefficient (Wildman–Crippen LogP) is 0.664. The first-order valence-electron chi connectivity index (χ1n) is 5.20. The van der Waals surface area contributed by atoms with Crippen LogP contribution in [0.5, 0.6) is 0 Å². The van der Waals surface area contributed by atoms with Crippen LogP contribution in [0.25, 0.3) is 0 Å². The molecule has 0 saturated carbocycles. The molecule has 0 saturated heterocycles. The molecule has 86 valence electrons. The Hall–Kier alpha value is -0.160. The molecule has 14 heavy (non-hydrogen) atoms. The van der Waals surface area contributed by atoms with E-state index in [4.69, 9.17) is 14.2 Å². The molecule has 0 bridgehead atoms. The Balaban J connectivity index is 2.98. The molecule has 0 aromatic heterocycles. The summed E-state index contributed by atoms with van der Waals surface area (Å²) in [7, 11) is 1.67. The van der Waals surface area contributed by atoms with Crippen molar-refractivity contribution in [2.45, 2.75) is 20.0 Å². The van der Waals surface area contributed by atoms with E-state index in [1.807, 2.05) is 6.92 Å². The first kappa shape index (κ1) is 13.8. The molecule has 0 spiro atoms. The molecule has 1 N–H and O–H groups in total. The number of hydrogen-bond donors (Lipinski definition) is 1. The van der Waals surface area contributed by atoms with Gasteiger partial charge < -0.3 is 19.5 Å². The topological polar surface area (TPSA) is 39.7 Å². The SMILES string of the molecule is CCOC(C)CNCCOCCOC. The molecule has 0 rings (SSSR count). The normalized spacial score (nSPS) is 13.1. The Morgan fingerprint density at radius 3 is 2.64 bits per heavy atom. The third kappa shape index (κ3) is 9.92. The molecule has 0 aliphatic heterocycles. The zero-order valence-electron chi connectivity index (χ0n) is 9.54. The van der Waals surface area contributed by atoms with E-state index in [1.165, 1.54) is 0 Å². The van der Waals surface area contributed by atoms with E-state index < -0.39 is 0 Å². The van der Waals surface area contributed by atoms with Crippen LogP contribution in [-0.2, 0) is 14.2 Å². The molecule has 1 unspecified atom stereocenters. The molecule has 0 aliphatic rings. The fourth-order valence-corrected chi connectivity index (χ4v) is 1.04. The molecule has 0 heterocycles. The predicted molar refractivity (Wildman–Crippen MR) is 56.7 cm³/mol. The van der Waals surface area contributed by atoms with Crippen molar-refractivity contribution in [1.29, 1.82) is 0 Å². The highest BCUT2D eigenvalue weighted by Gasteiger charge is 1.98. The lowest BCUT2D eigenvalue weighted by atomic mass is 10.4. The Morgan fingerprint density at radius 1 is 1.21 bits per heavy atom. The maximum Gasteiger partial charge on any atom is 0.0700 e. The summed E-state index contributed by atoms with van der Waals surface area (Å²) >= 11 is 0. The van der Waals surface area contributed by atoms with Gasteiger partial charge in [0.2, 0.25) is 0 Å². The number of methoxy groups -OCH3 is 1. The van der Waals surface area contributed by atoms with Gasteiger partial charge in [0, 0.05) is 26.8 Å². The van der Waals surface area contributed by atoms with Crippen molar-refractivity contribution >= 4 is 0 Å². The van der Waals surface area contributed by atoms with Gasteiger partial charge >= 0.3 is 0 Å². The minimum atomic E-state index is 0.277. The second-order valence-corrected chi connectivity index (χ2v) is 3.08. The van der Waals surface area contributed by atoms with Crippen molar-refractivity contribution < 1.29 is 14.2 Å². The second kappa shape index (κ2) is 10.9. The monoisotopic (exact) mass is 205 g/mol. The standard InChI is InChI=1S/C10H23NO3/c1-4-14-10(2)9-11-5-6-13-8-7-12-3/h10-11H,4-9H2,1-3H3. The number of ether oxygens (including phenoxy) is 3. The van der Waals surface area contributed by atoms with Gasteiger partial charge in [-0.1, -0.05) is 0 Å². The summed E-state index contributed by atoms with van der Waals surface area (Å²) in [5.74, 6) is 0. The van der Waals surface area contributed by atoms with Gasteiger partial charge in [0.05, 0.1) is 25.9 Å². The smallest absolute Gasteiger partial charge is 0.0700 e. The fourth-order valence-electron chi connectivity index (χ4n) is 1.04. The molecular weight excluding hydrogens is 182 g/mol. The van der Waals surface area contributed by atoms with Gasteiger partial charge in [-0.15, -0.1) is 0 Å². The van der Waals surface area contributed by atoms with E-state index in [0.717, 1.165) is 26.3 Å². The van der Waals surface area contributed by atoms with Crippen LogP contribution in [0.1, 0.15) is 13.8 Å². The summed E-state index contributed by atoms with van der Waals surface area (Å²) in [5, 5.41) is 3.26. The van der Waals surface area contributed by atoms with Crippen molar-refractivity contribution in [3.8, 4) is 0 Å². The van der Waals surface area contributed by atoms with Gasteiger partial charge in [0.15, 0.2) is 0 Å². The van der Waals surface area contributed by atoms with Crippen molar-refractivity contribution in [1.82, 2.24) is 5.32 Å². The van der Waals surface area contributed by atoms with E-state index >= 15 is 0 Å². The molecule has 0 aromatic carbocycles. The Kier molecular flexibility index (Phi) is 10.8. The van der Waals surface area contributed by atoms with E-state index in [1.54, 1.807) is 7.11 Å². The maximum atomic E-state index is 5.36. The van der Waals surface area contributed by atoms with Gasteiger partial charge in [-0.05, 0) is 13.8 Å². The van der Waals surface area contributed by atoms with E-state index in [9.17, 15) is 0 Å². The van der Waals surface area contributed by atoms with Gasteiger partial charge in [0.25, 0.3) is 0 Å². The molecule has 0 amide bonds. The minimum Gasteiger partial charge on any atom is -0.382 e. The van der Waals surface area contributed by atoms with Crippen LogP contribution in [0.3, 0.4) is 0 Å². The van der Waals surface area contributed by atoms with Gasteiger partial charge in [-0.25, -0.2) is 0 Å². The average Bonchev–Trinajstić information content (AvgIpc) is 2.17. The van der Waals surface area contributed by atoms with Crippen molar-refractivity contribution in [2.24, 2.45) is 0 Å². The fraction of sp³-hybridized carbons (Fsp3) is 1.00. The summed E-state index contributed by atoms with van der Waals surface area (Å²) in [5.41, 5.74) is 0. The van der Waals surface area contributed by atoms with Crippen LogP contribution >= 0.6 is 0 Å². The van der Waals surface area contributed by atoms with E-state index in [0.29, 0.717) is 13.2 Å². The van der Waals surface area contributed by atoms with Crippen molar-refractivity contribution in [2.75, 3.05) is 46.6 Å². The largest absolute Gasteiger partial charge is 0.382 e. The molecule has 0 fully saturated rings. The molecule has 4 nitrogen and oxygen atoms in total. The third-order valence-electron chi connectivity index (χ3n) is 1.74. The Bertz CT molecular complexity index is 112. The van der Waals surface area contributed by atoms with Crippen LogP contribution in [0.2, 0.25) is 0 Å². The summed E-state index contributed by atoms with van der Waals surface area (Å²) in [6, 6.07) is 0. The summed E-state index contributed by atoms with van der Waals surface area (Å²) in [6.07, 6.45) is 0.277. The highest BCUT2D eigenvalue weighted by Crippen LogP contribution is 1.86. The number of rotatable bonds is 10. The van der Waals surface area contributed by atoms with Crippen LogP contribution in [-0.4, -0.2) is 52.7 Å². The average molecular weight is 205 g/mol. The van der Waals surface area contributed by atoms with Crippen LogP contribution in [0, 0.1) is 0 Å². The van der Waals surface area contributed by atoms with Crippen LogP contribution in [0.4, 0.5) is 0 Å². The van der Waals surface area contributed by atoms with Crippen molar-refractivity contribution in [3.63, 3.8) is 0 Å². The molecule has 0 radical (unpaired) electrons. The molecule has 4 heteroatoms. The molecular formula is C10H23NO3. The summed E-state index contributed by atoms with van der Waals surface area (Å²) in [4.78, 5) is 0. The van der Waals surface area contributed by atoms with Crippen molar-refractivity contribution in [3.05, 3.63) is 0 Å². The first-order chi connectivity index (χ1) is 6.81. The second-order valence-electron chi connectivity index (χ2n) is 3.08. The molecule has 0 aromatic rings. The zero-order chi connectivity index (χ0) is 10.6. The highest BCUT2D eigenvalue weighted by molar-refractivity contribution is 4.54. The van der Waals surface area contributed by atoms with E-state index in [-0.39, 0.29) is 6.10 Å². The van der Waals surface area contributed by atoms with Gasteiger partial charge in [-0.2, -0.15) is 0 Å². The van der Waals surface area contributed by atoms with Gasteiger partial charge in [-0.3, -0.25) is 0 Å². The first-order valence-corrected chi connectivity index (χ1v) is 5.20. The summed E-state index contributed by atoms with van der Waals surface area (Å²) in [6.45, 7) is 8.62. The lowest BCUT2D eigenvalue weighted by Gasteiger charge is -2.12. The lowest BCUT2D eigenvalue weighted by Crippen LogP contribution is -2.29. The molecule has 1 atom stereocenters. The lowest BCUT2D eigenvalue weighted by molar-refractivity contribution is 0.0618. The third-order valence-corrected chi connectivity index (χ3v) is 1.74. The quantitative estimate of drug-likeness (QED) is 0.532.